The average Bonchev–Trinajstić information content (AvgIpc) is 3.03. The summed E-state index contributed by atoms with van der Waals surface area (Å²) in [5.41, 5.74) is 0.385. The first-order valence-corrected chi connectivity index (χ1v) is 8.96. The molecule has 1 aliphatic heterocycles. The van der Waals surface area contributed by atoms with Crippen LogP contribution in [-0.4, -0.2) is 63.1 Å². The number of tetrazole rings is 1. The van der Waals surface area contributed by atoms with Gasteiger partial charge in [-0.05, 0) is 44.2 Å². The molecule has 2 aromatic rings. The molecule has 0 saturated carbocycles. The highest BCUT2D eigenvalue weighted by Crippen LogP contribution is 2.28. The van der Waals surface area contributed by atoms with Gasteiger partial charge in [-0.1, -0.05) is 11.6 Å². The van der Waals surface area contributed by atoms with Crippen molar-refractivity contribution >= 4 is 29.5 Å². The van der Waals surface area contributed by atoms with Gasteiger partial charge in [-0.3, -0.25) is 5.32 Å². The van der Waals surface area contributed by atoms with Crippen LogP contribution >= 0.6 is 11.6 Å². The van der Waals surface area contributed by atoms with Gasteiger partial charge >= 0.3 is 12.2 Å². The fourth-order valence-corrected chi connectivity index (χ4v) is 2.71. The predicted octanol–water partition coefficient (Wildman–Crippen LogP) is 2.96. The summed E-state index contributed by atoms with van der Waals surface area (Å²) >= 11 is 6.16. The van der Waals surface area contributed by atoms with Crippen LogP contribution in [0.2, 0.25) is 5.02 Å². The summed E-state index contributed by atoms with van der Waals surface area (Å²) in [5, 5.41) is 15.4. The third kappa shape index (κ3) is 4.50. The van der Waals surface area contributed by atoms with Crippen LogP contribution in [0.25, 0.3) is 11.4 Å². The summed E-state index contributed by atoms with van der Waals surface area (Å²) in [7, 11) is 1.34. The maximum atomic E-state index is 12.0. The molecule has 150 valence electrons. The number of rotatable bonds is 3. The number of methoxy groups -OCH3 is 1. The number of hydrogen-bond donors (Lipinski definition) is 1. The van der Waals surface area contributed by atoms with E-state index in [1.807, 2.05) is 0 Å². The molecule has 1 fully saturated rings. The highest BCUT2D eigenvalue weighted by Gasteiger charge is 2.34. The number of likely N-dealkylation sites (tertiary alicyclic amines) is 1. The fourth-order valence-electron chi connectivity index (χ4n) is 2.55. The van der Waals surface area contributed by atoms with Gasteiger partial charge in [0.2, 0.25) is 5.82 Å². The fraction of sp³-hybridized carbons (Fsp3) is 0.471. The molecule has 0 radical (unpaired) electrons. The average molecular weight is 409 g/mol. The molecule has 0 bridgehead atoms. The lowest BCUT2D eigenvalue weighted by Crippen LogP contribution is -2.51. The molecular formula is C17H21ClN6O4. The second kappa shape index (κ2) is 7.63. The van der Waals surface area contributed by atoms with E-state index in [1.54, 1.807) is 43.9 Å². The van der Waals surface area contributed by atoms with Gasteiger partial charge < -0.3 is 14.4 Å². The zero-order valence-corrected chi connectivity index (χ0v) is 16.7. The number of aromatic nitrogens is 4. The summed E-state index contributed by atoms with van der Waals surface area (Å²) in [6, 6.07) is 4.94. The van der Waals surface area contributed by atoms with Crippen molar-refractivity contribution in [2.45, 2.75) is 32.4 Å². The number of carbonyl (C=O) groups is 2. The number of nitrogens with zero attached hydrogens (tertiary/aromatic N) is 5. The van der Waals surface area contributed by atoms with E-state index >= 15 is 0 Å². The minimum absolute atomic E-state index is 0.0630. The van der Waals surface area contributed by atoms with Gasteiger partial charge in [0, 0.05) is 5.56 Å². The van der Waals surface area contributed by atoms with Gasteiger partial charge in [0.25, 0.3) is 0 Å². The van der Waals surface area contributed by atoms with E-state index < -0.39 is 11.7 Å². The lowest BCUT2D eigenvalue weighted by Gasteiger charge is -2.36. The van der Waals surface area contributed by atoms with E-state index in [4.69, 9.17) is 16.3 Å². The lowest BCUT2D eigenvalue weighted by atomic mass is 10.1. The molecule has 0 spiro atoms. The second-order valence-electron chi connectivity index (χ2n) is 7.28. The molecular weight excluding hydrogens is 388 g/mol. The Labute approximate surface area is 166 Å². The molecule has 3 rings (SSSR count). The quantitative estimate of drug-likeness (QED) is 0.830. The Kier molecular flexibility index (Phi) is 5.41. The maximum Gasteiger partial charge on any atom is 0.412 e. The van der Waals surface area contributed by atoms with Crippen molar-refractivity contribution in [3.05, 3.63) is 23.2 Å². The van der Waals surface area contributed by atoms with E-state index in [0.717, 1.165) is 0 Å². The van der Waals surface area contributed by atoms with Crippen molar-refractivity contribution in [2.24, 2.45) is 0 Å². The minimum Gasteiger partial charge on any atom is -0.453 e. The topological polar surface area (TPSA) is 111 Å². The first-order chi connectivity index (χ1) is 13.2. The smallest absolute Gasteiger partial charge is 0.412 e. The Morgan fingerprint density at radius 3 is 2.64 bits per heavy atom. The van der Waals surface area contributed by atoms with Gasteiger partial charge in [0.1, 0.15) is 11.6 Å². The first kappa shape index (κ1) is 19.9. The van der Waals surface area contributed by atoms with E-state index in [1.165, 1.54) is 11.9 Å². The maximum absolute atomic E-state index is 12.0. The Balaban J connectivity index is 1.70. The third-order valence-corrected chi connectivity index (χ3v) is 4.24. The second-order valence-corrected chi connectivity index (χ2v) is 7.69. The standard InChI is InChI=1S/C17H21ClN6O4/c1-17(2,3)28-15(25)19-13-7-10(5-6-12(13)18)14-20-22-24(21-14)11-8-23(9-11)16(26)27-4/h5-7,11H,8-9H2,1-4H3,(H,19,25). The van der Waals surface area contributed by atoms with Crippen LogP contribution < -0.4 is 5.32 Å². The van der Waals surface area contributed by atoms with Crippen molar-refractivity contribution in [3.8, 4) is 11.4 Å². The number of halogens is 1. The summed E-state index contributed by atoms with van der Waals surface area (Å²) in [6.45, 7) is 6.22. The van der Waals surface area contributed by atoms with Gasteiger partial charge in [0.05, 0.1) is 30.9 Å². The molecule has 28 heavy (non-hydrogen) atoms. The monoisotopic (exact) mass is 408 g/mol. The zero-order chi connectivity index (χ0) is 20.5. The van der Waals surface area contributed by atoms with E-state index in [-0.39, 0.29) is 12.1 Å². The van der Waals surface area contributed by atoms with Crippen LogP contribution in [0.15, 0.2) is 18.2 Å². The van der Waals surface area contributed by atoms with E-state index in [9.17, 15) is 9.59 Å². The molecule has 0 unspecified atom stereocenters. The number of carbonyl (C=O) groups excluding carboxylic acids is 2. The van der Waals surface area contributed by atoms with Crippen LogP contribution in [0.5, 0.6) is 0 Å². The van der Waals surface area contributed by atoms with Crippen LogP contribution in [0.4, 0.5) is 15.3 Å². The molecule has 1 saturated heterocycles. The largest absolute Gasteiger partial charge is 0.453 e. The van der Waals surface area contributed by atoms with Crippen molar-refractivity contribution in [2.75, 3.05) is 25.5 Å². The molecule has 0 atom stereocenters. The summed E-state index contributed by atoms with van der Waals surface area (Å²) in [4.78, 5) is 26.4. The van der Waals surface area contributed by atoms with Crippen molar-refractivity contribution < 1.29 is 19.1 Å². The molecule has 2 heterocycles. The van der Waals surface area contributed by atoms with Crippen LogP contribution in [-0.2, 0) is 9.47 Å². The molecule has 1 aromatic carbocycles. The minimum atomic E-state index is -0.626. The Hall–Kier alpha value is -2.88. The highest BCUT2D eigenvalue weighted by molar-refractivity contribution is 6.33. The zero-order valence-electron chi connectivity index (χ0n) is 16.0. The number of anilines is 1. The highest BCUT2D eigenvalue weighted by atomic mass is 35.5. The molecule has 1 N–H and O–H groups in total. The van der Waals surface area contributed by atoms with E-state index in [2.05, 4.69) is 25.5 Å². The SMILES string of the molecule is COC(=O)N1CC(n2nnc(-c3ccc(Cl)c(NC(=O)OC(C)(C)C)c3)n2)C1. The van der Waals surface area contributed by atoms with Crippen molar-refractivity contribution in [1.82, 2.24) is 25.1 Å². The lowest BCUT2D eigenvalue weighted by molar-refractivity contribution is 0.0619. The van der Waals surface area contributed by atoms with Gasteiger partial charge in [-0.25, -0.2) is 9.59 Å². The van der Waals surface area contributed by atoms with Crippen molar-refractivity contribution in [3.63, 3.8) is 0 Å². The Morgan fingerprint density at radius 1 is 1.29 bits per heavy atom. The van der Waals surface area contributed by atoms with Gasteiger partial charge in [0.15, 0.2) is 0 Å². The van der Waals surface area contributed by atoms with Crippen molar-refractivity contribution in [1.29, 1.82) is 0 Å². The van der Waals surface area contributed by atoms with Gasteiger partial charge in [-0.15, -0.1) is 10.2 Å². The number of amides is 2. The van der Waals surface area contributed by atoms with E-state index in [0.29, 0.717) is 35.2 Å². The summed E-state index contributed by atoms with van der Waals surface area (Å²) < 4.78 is 9.90. The molecule has 0 aliphatic carbocycles. The molecule has 10 nitrogen and oxygen atoms in total. The number of benzene rings is 1. The predicted molar refractivity (Wildman–Crippen MR) is 101 cm³/mol. The summed E-state index contributed by atoms with van der Waals surface area (Å²) in [5.74, 6) is 0.375. The summed E-state index contributed by atoms with van der Waals surface area (Å²) in [6.07, 6.45) is -0.993. The first-order valence-electron chi connectivity index (χ1n) is 8.58. The number of ether oxygens (including phenoxy) is 2. The third-order valence-electron chi connectivity index (χ3n) is 3.91. The van der Waals surface area contributed by atoms with Crippen LogP contribution in [0.3, 0.4) is 0 Å². The normalized spacial score (nSPS) is 14.4. The van der Waals surface area contributed by atoms with Crippen LogP contribution in [0, 0.1) is 0 Å². The van der Waals surface area contributed by atoms with Gasteiger partial charge in [-0.2, -0.15) is 4.80 Å². The molecule has 1 aliphatic rings. The molecule has 2 amide bonds. The Bertz CT molecular complexity index is 888. The Morgan fingerprint density at radius 2 is 2.00 bits per heavy atom. The number of hydrogen-bond acceptors (Lipinski definition) is 7. The molecule has 1 aromatic heterocycles. The number of nitrogens with one attached hydrogen (secondary N) is 1. The molecule has 11 heteroatoms. The van der Waals surface area contributed by atoms with Crippen LogP contribution in [0.1, 0.15) is 26.8 Å².